The first kappa shape index (κ1) is 14.2. The van der Waals surface area contributed by atoms with Gasteiger partial charge >= 0.3 is 6.03 Å². The second-order valence-electron chi connectivity index (χ2n) is 5.04. The number of hydrogen-bond acceptors (Lipinski definition) is 3. The van der Waals surface area contributed by atoms with Crippen molar-refractivity contribution in [2.45, 2.75) is 32.2 Å². The van der Waals surface area contributed by atoms with Gasteiger partial charge in [-0.2, -0.15) is 0 Å². The lowest BCUT2D eigenvalue weighted by Gasteiger charge is -2.26. The highest BCUT2D eigenvalue weighted by Gasteiger charge is 2.51. The molecule has 1 aromatic rings. The molecule has 1 fully saturated rings. The molecule has 0 aliphatic carbocycles. The number of carbonyl (C=O) groups excluding carboxylic acids is 3. The highest BCUT2D eigenvalue weighted by atomic mass is 16.2. The minimum Gasteiger partial charge on any atom is -0.319 e. The van der Waals surface area contributed by atoms with Crippen molar-refractivity contribution in [1.29, 1.82) is 0 Å². The molecule has 106 valence electrons. The number of benzene rings is 1. The summed E-state index contributed by atoms with van der Waals surface area (Å²) >= 11 is 0. The maximum Gasteiger partial charge on any atom is 0.325 e. The third kappa shape index (κ3) is 2.31. The zero-order valence-corrected chi connectivity index (χ0v) is 11.7. The largest absolute Gasteiger partial charge is 0.325 e. The van der Waals surface area contributed by atoms with Gasteiger partial charge in [-0.15, -0.1) is 0 Å². The summed E-state index contributed by atoms with van der Waals surface area (Å²) in [6, 6.07) is 8.68. The molecule has 0 radical (unpaired) electrons. The van der Waals surface area contributed by atoms with Gasteiger partial charge in [0.25, 0.3) is 5.91 Å². The van der Waals surface area contributed by atoms with Gasteiger partial charge in [0, 0.05) is 0 Å². The Labute approximate surface area is 118 Å². The molecule has 2 rings (SSSR count). The standard InChI is InChI=1S/C15H18N2O3/c1-3-9-15(12-7-5-4-6-8-12)13(19)17(10-11(2)18)14(20)16-15/h4-8H,3,9-10H2,1-2H3,(H,16,20)/t15-/m0/s1. The van der Waals surface area contributed by atoms with Gasteiger partial charge < -0.3 is 5.32 Å². The third-order valence-electron chi connectivity index (χ3n) is 3.45. The van der Waals surface area contributed by atoms with E-state index in [1.807, 2.05) is 37.3 Å². The van der Waals surface area contributed by atoms with Gasteiger partial charge in [-0.3, -0.25) is 14.5 Å². The first-order valence-electron chi connectivity index (χ1n) is 6.70. The molecule has 20 heavy (non-hydrogen) atoms. The van der Waals surface area contributed by atoms with Crippen molar-refractivity contribution in [3.63, 3.8) is 0 Å². The Bertz CT molecular complexity index is 541. The number of amides is 3. The Balaban J connectivity index is 2.42. The first-order valence-corrected chi connectivity index (χ1v) is 6.70. The molecule has 1 aliphatic rings. The molecule has 3 amide bonds. The molecule has 1 saturated heterocycles. The Morgan fingerprint density at radius 2 is 1.90 bits per heavy atom. The Morgan fingerprint density at radius 3 is 2.45 bits per heavy atom. The van der Waals surface area contributed by atoms with E-state index >= 15 is 0 Å². The van der Waals surface area contributed by atoms with Crippen molar-refractivity contribution < 1.29 is 14.4 Å². The average Bonchev–Trinajstić information content (AvgIpc) is 2.65. The smallest absolute Gasteiger partial charge is 0.319 e. The molecule has 5 heteroatoms. The predicted octanol–water partition coefficient (Wildman–Crippen LogP) is 1.82. The van der Waals surface area contributed by atoms with Crippen LogP contribution in [-0.2, 0) is 15.1 Å². The number of hydrogen-bond donors (Lipinski definition) is 1. The fourth-order valence-electron chi connectivity index (χ4n) is 2.60. The van der Waals surface area contributed by atoms with Crippen LogP contribution in [0.1, 0.15) is 32.3 Å². The van der Waals surface area contributed by atoms with Crippen LogP contribution in [0.5, 0.6) is 0 Å². The number of nitrogens with zero attached hydrogens (tertiary/aromatic N) is 1. The van der Waals surface area contributed by atoms with E-state index in [1.165, 1.54) is 6.92 Å². The second-order valence-corrected chi connectivity index (χ2v) is 5.04. The molecule has 0 unspecified atom stereocenters. The van der Waals surface area contributed by atoms with Crippen LogP contribution < -0.4 is 5.32 Å². The lowest BCUT2D eigenvalue weighted by Crippen LogP contribution is -2.44. The van der Waals surface area contributed by atoms with Crippen molar-refractivity contribution in [1.82, 2.24) is 10.2 Å². The molecule has 0 saturated carbocycles. The molecule has 1 N–H and O–H groups in total. The molecule has 1 aromatic carbocycles. The maximum absolute atomic E-state index is 12.7. The van der Waals surface area contributed by atoms with Crippen molar-refractivity contribution in [3.8, 4) is 0 Å². The Hall–Kier alpha value is -2.17. The van der Waals surface area contributed by atoms with E-state index in [0.717, 1.165) is 16.9 Å². The van der Waals surface area contributed by atoms with Gasteiger partial charge in [-0.1, -0.05) is 43.7 Å². The van der Waals surface area contributed by atoms with Gasteiger partial charge in [0.05, 0.1) is 6.54 Å². The summed E-state index contributed by atoms with van der Waals surface area (Å²) in [6.07, 6.45) is 1.25. The molecule has 0 bridgehead atoms. The number of rotatable bonds is 5. The molecular weight excluding hydrogens is 256 g/mol. The van der Waals surface area contributed by atoms with Crippen LogP contribution in [0.25, 0.3) is 0 Å². The second kappa shape index (κ2) is 5.45. The van der Waals surface area contributed by atoms with Gasteiger partial charge in [0.15, 0.2) is 0 Å². The highest BCUT2D eigenvalue weighted by molar-refractivity contribution is 6.09. The monoisotopic (exact) mass is 274 g/mol. The van der Waals surface area contributed by atoms with Crippen molar-refractivity contribution in [2.24, 2.45) is 0 Å². The van der Waals surface area contributed by atoms with Crippen LogP contribution in [0.3, 0.4) is 0 Å². The van der Waals surface area contributed by atoms with Crippen molar-refractivity contribution >= 4 is 17.7 Å². The first-order chi connectivity index (χ1) is 9.51. The summed E-state index contributed by atoms with van der Waals surface area (Å²) < 4.78 is 0. The van der Waals surface area contributed by atoms with Crippen LogP contribution >= 0.6 is 0 Å². The normalized spacial score (nSPS) is 22.0. The fraction of sp³-hybridized carbons (Fsp3) is 0.400. The quantitative estimate of drug-likeness (QED) is 0.833. The number of Topliss-reactive ketones (excluding diaryl/α,β-unsaturated/α-hetero) is 1. The van der Waals surface area contributed by atoms with Gasteiger partial charge in [0.1, 0.15) is 11.3 Å². The summed E-state index contributed by atoms with van der Waals surface area (Å²) in [7, 11) is 0. The maximum atomic E-state index is 12.7. The minimum atomic E-state index is -1.04. The Kier molecular flexibility index (Phi) is 3.88. The van der Waals surface area contributed by atoms with E-state index in [2.05, 4.69) is 5.32 Å². The van der Waals surface area contributed by atoms with E-state index in [9.17, 15) is 14.4 Å². The number of nitrogens with one attached hydrogen (secondary N) is 1. The average molecular weight is 274 g/mol. The number of ketones is 1. The Morgan fingerprint density at radius 1 is 1.25 bits per heavy atom. The highest BCUT2D eigenvalue weighted by Crippen LogP contribution is 2.33. The molecule has 1 aliphatic heterocycles. The van der Waals surface area contributed by atoms with Crippen LogP contribution in [0.4, 0.5) is 4.79 Å². The fourth-order valence-corrected chi connectivity index (χ4v) is 2.60. The van der Waals surface area contributed by atoms with Gasteiger partial charge in [-0.05, 0) is 18.9 Å². The molecule has 1 heterocycles. The number of imide groups is 1. The van der Waals surface area contributed by atoms with E-state index in [-0.39, 0.29) is 18.2 Å². The molecular formula is C15H18N2O3. The van der Waals surface area contributed by atoms with Crippen LogP contribution in [0.2, 0.25) is 0 Å². The number of urea groups is 1. The molecule has 5 nitrogen and oxygen atoms in total. The zero-order chi connectivity index (χ0) is 14.8. The van der Waals surface area contributed by atoms with Crippen molar-refractivity contribution in [2.75, 3.05) is 6.54 Å². The molecule has 1 atom stereocenters. The lowest BCUT2D eigenvalue weighted by molar-refractivity contribution is -0.134. The van der Waals surface area contributed by atoms with E-state index in [4.69, 9.17) is 0 Å². The molecule has 0 spiro atoms. The van der Waals surface area contributed by atoms with Gasteiger partial charge in [-0.25, -0.2) is 4.79 Å². The summed E-state index contributed by atoms with van der Waals surface area (Å²) in [4.78, 5) is 36.9. The SMILES string of the molecule is CCC[C@@]1(c2ccccc2)NC(=O)N(CC(C)=O)C1=O. The van der Waals surface area contributed by atoms with E-state index in [1.54, 1.807) is 0 Å². The third-order valence-corrected chi connectivity index (χ3v) is 3.45. The summed E-state index contributed by atoms with van der Waals surface area (Å²) in [6.45, 7) is 3.14. The predicted molar refractivity (Wildman–Crippen MR) is 74.0 cm³/mol. The zero-order valence-electron chi connectivity index (χ0n) is 11.7. The van der Waals surface area contributed by atoms with Crippen LogP contribution in [0.15, 0.2) is 30.3 Å². The van der Waals surface area contributed by atoms with Crippen molar-refractivity contribution in [3.05, 3.63) is 35.9 Å². The minimum absolute atomic E-state index is 0.178. The summed E-state index contributed by atoms with van der Waals surface area (Å²) in [5, 5.41) is 2.78. The topological polar surface area (TPSA) is 66.5 Å². The summed E-state index contributed by atoms with van der Waals surface area (Å²) in [5.74, 6) is -0.556. The van der Waals surface area contributed by atoms with E-state index in [0.29, 0.717) is 6.42 Å². The lowest BCUT2D eigenvalue weighted by atomic mass is 9.85. The van der Waals surface area contributed by atoms with Gasteiger partial charge in [0.2, 0.25) is 0 Å². The summed E-state index contributed by atoms with van der Waals surface area (Å²) in [5.41, 5.74) is -0.283. The number of carbonyl (C=O) groups is 3. The van der Waals surface area contributed by atoms with Crippen LogP contribution in [0, 0.1) is 0 Å². The van der Waals surface area contributed by atoms with Crippen LogP contribution in [-0.4, -0.2) is 29.2 Å². The molecule has 0 aromatic heterocycles. The van der Waals surface area contributed by atoms with E-state index < -0.39 is 11.6 Å².